The van der Waals surface area contributed by atoms with Gasteiger partial charge in [0.25, 0.3) is 11.0 Å². The molecular formula is C9H10O3S. The third-order valence-electron chi connectivity index (χ3n) is 1.48. The highest BCUT2D eigenvalue weighted by molar-refractivity contribution is 7.67. The van der Waals surface area contributed by atoms with Crippen LogP contribution in [0.15, 0.2) is 36.9 Å². The molecule has 0 saturated carbocycles. The highest BCUT2D eigenvalue weighted by Gasteiger charge is 1.94. The summed E-state index contributed by atoms with van der Waals surface area (Å²) in [5, 5.41) is 0. The van der Waals surface area contributed by atoms with Crippen molar-refractivity contribution in [3.63, 3.8) is 0 Å². The molecule has 0 radical (unpaired) electrons. The van der Waals surface area contributed by atoms with E-state index in [1.807, 2.05) is 0 Å². The SMILES string of the molecule is C=CCc1ccc(O[SH](=O)=O)cc1. The molecule has 0 aliphatic rings. The van der Waals surface area contributed by atoms with E-state index in [1.54, 1.807) is 30.3 Å². The van der Waals surface area contributed by atoms with E-state index in [0.29, 0.717) is 5.75 Å². The highest BCUT2D eigenvalue weighted by atomic mass is 32.2. The Hall–Kier alpha value is -1.29. The molecule has 0 heterocycles. The van der Waals surface area contributed by atoms with Crippen LogP contribution < -0.4 is 4.18 Å². The van der Waals surface area contributed by atoms with Gasteiger partial charge in [0.15, 0.2) is 0 Å². The lowest BCUT2D eigenvalue weighted by Crippen LogP contribution is -1.89. The summed E-state index contributed by atoms with van der Waals surface area (Å²) in [5.41, 5.74) is 1.07. The van der Waals surface area contributed by atoms with E-state index >= 15 is 0 Å². The van der Waals surface area contributed by atoms with Crippen molar-refractivity contribution in [3.05, 3.63) is 42.5 Å². The molecule has 0 aliphatic heterocycles. The van der Waals surface area contributed by atoms with E-state index in [2.05, 4.69) is 10.8 Å². The van der Waals surface area contributed by atoms with Crippen molar-refractivity contribution < 1.29 is 12.6 Å². The summed E-state index contributed by atoms with van der Waals surface area (Å²) in [6.07, 6.45) is 2.55. The van der Waals surface area contributed by atoms with Gasteiger partial charge in [0.05, 0.1) is 0 Å². The average Bonchev–Trinajstić information content (AvgIpc) is 2.08. The fraction of sp³-hybridized carbons (Fsp3) is 0.111. The molecule has 1 rings (SSSR count). The van der Waals surface area contributed by atoms with Crippen molar-refractivity contribution in [3.8, 4) is 5.75 Å². The van der Waals surface area contributed by atoms with Gasteiger partial charge < -0.3 is 4.18 Å². The Kier molecular flexibility index (Phi) is 3.52. The minimum absolute atomic E-state index is 0.337. The normalized spacial score (nSPS) is 9.92. The predicted molar refractivity (Wildman–Crippen MR) is 51.3 cm³/mol. The predicted octanol–water partition coefficient (Wildman–Crippen LogP) is 1.32. The largest absolute Gasteiger partial charge is 0.384 e. The second-order valence-corrected chi connectivity index (χ2v) is 3.08. The van der Waals surface area contributed by atoms with Gasteiger partial charge >= 0.3 is 0 Å². The molecule has 13 heavy (non-hydrogen) atoms. The van der Waals surface area contributed by atoms with Crippen LogP contribution in [-0.4, -0.2) is 8.42 Å². The third kappa shape index (κ3) is 3.29. The summed E-state index contributed by atoms with van der Waals surface area (Å²) in [5.74, 6) is 0.337. The molecular weight excluding hydrogens is 188 g/mol. The monoisotopic (exact) mass is 198 g/mol. The summed E-state index contributed by atoms with van der Waals surface area (Å²) in [6, 6.07) is 6.83. The van der Waals surface area contributed by atoms with Crippen LogP contribution in [0.4, 0.5) is 0 Å². The fourth-order valence-electron chi connectivity index (χ4n) is 0.939. The second-order valence-electron chi connectivity index (χ2n) is 2.45. The lowest BCUT2D eigenvalue weighted by molar-refractivity contribution is 0.510. The van der Waals surface area contributed by atoms with Gasteiger partial charge in [-0.3, -0.25) is 0 Å². The van der Waals surface area contributed by atoms with E-state index in [4.69, 9.17) is 0 Å². The Morgan fingerprint density at radius 2 is 1.92 bits per heavy atom. The van der Waals surface area contributed by atoms with Crippen LogP contribution in [0, 0.1) is 0 Å². The molecule has 4 heteroatoms. The van der Waals surface area contributed by atoms with Crippen LogP contribution in [0.3, 0.4) is 0 Å². The van der Waals surface area contributed by atoms with Crippen molar-refractivity contribution in [1.82, 2.24) is 0 Å². The summed E-state index contributed by atoms with van der Waals surface area (Å²) in [6.45, 7) is 3.60. The quantitative estimate of drug-likeness (QED) is 0.586. The van der Waals surface area contributed by atoms with Crippen LogP contribution >= 0.6 is 0 Å². The Balaban J connectivity index is 2.74. The number of hydrogen-bond acceptors (Lipinski definition) is 3. The van der Waals surface area contributed by atoms with E-state index in [1.165, 1.54) is 0 Å². The van der Waals surface area contributed by atoms with Gasteiger partial charge in [-0.1, -0.05) is 18.2 Å². The molecule has 0 atom stereocenters. The van der Waals surface area contributed by atoms with Gasteiger partial charge in [-0.25, -0.2) is 0 Å². The van der Waals surface area contributed by atoms with Crippen molar-refractivity contribution in [2.24, 2.45) is 0 Å². The van der Waals surface area contributed by atoms with Crippen molar-refractivity contribution in [2.45, 2.75) is 6.42 Å². The maximum atomic E-state index is 10.2. The van der Waals surface area contributed by atoms with E-state index in [-0.39, 0.29) is 0 Å². The number of benzene rings is 1. The Bertz CT molecular complexity index is 344. The highest BCUT2D eigenvalue weighted by Crippen LogP contribution is 2.12. The number of hydrogen-bond donors (Lipinski definition) is 1. The van der Waals surface area contributed by atoms with Crippen LogP contribution in [0.1, 0.15) is 5.56 Å². The molecule has 0 fully saturated rings. The zero-order chi connectivity index (χ0) is 9.68. The number of thiol groups is 1. The maximum Gasteiger partial charge on any atom is 0.299 e. The van der Waals surface area contributed by atoms with Crippen LogP contribution in [-0.2, 0) is 17.4 Å². The van der Waals surface area contributed by atoms with Crippen molar-refractivity contribution >= 4 is 11.0 Å². The van der Waals surface area contributed by atoms with Gasteiger partial charge in [-0.05, 0) is 24.1 Å². The average molecular weight is 198 g/mol. The van der Waals surface area contributed by atoms with E-state index in [9.17, 15) is 8.42 Å². The Morgan fingerprint density at radius 1 is 1.31 bits per heavy atom. The Labute approximate surface area is 78.8 Å². The maximum absolute atomic E-state index is 10.2. The molecule has 1 aromatic rings. The molecule has 3 nitrogen and oxygen atoms in total. The van der Waals surface area contributed by atoms with Gasteiger partial charge in [0.2, 0.25) is 0 Å². The molecule has 0 spiro atoms. The lowest BCUT2D eigenvalue weighted by atomic mass is 10.1. The minimum Gasteiger partial charge on any atom is -0.384 e. The molecule has 0 aromatic heterocycles. The minimum atomic E-state index is -2.81. The molecule has 1 aromatic carbocycles. The first-order valence-corrected chi connectivity index (χ1v) is 4.84. The standard InChI is InChI=1S/C9H10O3S/c1-2-3-8-4-6-9(7-5-8)12-13(10)11/h2,4-7,13H,1,3H2. The topological polar surface area (TPSA) is 43.4 Å². The zero-order valence-electron chi connectivity index (χ0n) is 6.97. The van der Waals surface area contributed by atoms with Gasteiger partial charge in [-0.2, -0.15) is 8.42 Å². The first-order valence-electron chi connectivity index (χ1n) is 3.74. The Morgan fingerprint density at radius 3 is 2.38 bits per heavy atom. The van der Waals surface area contributed by atoms with Crippen molar-refractivity contribution in [2.75, 3.05) is 0 Å². The van der Waals surface area contributed by atoms with Crippen LogP contribution in [0.2, 0.25) is 0 Å². The molecule has 0 aliphatic carbocycles. The summed E-state index contributed by atoms with van der Waals surface area (Å²) in [7, 11) is -2.81. The zero-order valence-corrected chi connectivity index (χ0v) is 7.87. The third-order valence-corrected chi connectivity index (χ3v) is 1.84. The fourth-order valence-corrected chi connectivity index (χ4v) is 1.23. The number of rotatable bonds is 4. The smallest absolute Gasteiger partial charge is 0.299 e. The summed E-state index contributed by atoms with van der Waals surface area (Å²) < 4.78 is 24.8. The first kappa shape index (κ1) is 9.80. The van der Waals surface area contributed by atoms with E-state index < -0.39 is 11.0 Å². The molecule has 0 saturated heterocycles. The molecule has 0 N–H and O–H groups in total. The van der Waals surface area contributed by atoms with Gasteiger partial charge in [0, 0.05) is 0 Å². The molecule has 0 unspecified atom stereocenters. The molecule has 70 valence electrons. The van der Waals surface area contributed by atoms with Crippen molar-refractivity contribution in [1.29, 1.82) is 0 Å². The second kappa shape index (κ2) is 4.67. The van der Waals surface area contributed by atoms with Crippen LogP contribution in [0.5, 0.6) is 5.75 Å². The lowest BCUT2D eigenvalue weighted by Gasteiger charge is -1.98. The van der Waals surface area contributed by atoms with Crippen LogP contribution in [0.25, 0.3) is 0 Å². The molecule has 0 amide bonds. The number of allylic oxidation sites excluding steroid dienone is 1. The van der Waals surface area contributed by atoms with Gasteiger partial charge in [0.1, 0.15) is 5.75 Å². The summed E-state index contributed by atoms with van der Waals surface area (Å²) in [4.78, 5) is 0. The summed E-state index contributed by atoms with van der Waals surface area (Å²) >= 11 is 0. The molecule has 0 bridgehead atoms. The van der Waals surface area contributed by atoms with Gasteiger partial charge in [-0.15, -0.1) is 6.58 Å². The first-order chi connectivity index (χ1) is 6.22. The van der Waals surface area contributed by atoms with E-state index in [0.717, 1.165) is 12.0 Å².